The molecule has 1 amide bonds. The van der Waals surface area contributed by atoms with Gasteiger partial charge in [-0.2, -0.15) is 0 Å². The van der Waals surface area contributed by atoms with Crippen molar-refractivity contribution in [2.45, 2.75) is 4.90 Å². The van der Waals surface area contributed by atoms with Gasteiger partial charge in [-0.15, -0.1) is 0 Å². The van der Waals surface area contributed by atoms with Crippen LogP contribution in [0.3, 0.4) is 0 Å². The predicted octanol–water partition coefficient (Wildman–Crippen LogP) is 4.94. The molecule has 2 aliphatic heterocycles. The van der Waals surface area contributed by atoms with Crippen LogP contribution in [0.15, 0.2) is 68.4 Å². The van der Waals surface area contributed by atoms with E-state index in [4.69, 9.17) is 11.6 Å². The Bertz CT molecular complexity index is 924. The lowest BCUT2D eigenvalue weighted by Crippen LogP contribution is -2.24. The van der Waals surface area contributed by atoms with Crippen molar-refractivity contribution in [3.63, 3.8) is 0 Å². The average Bonchev–Trinajstić information content (AvgIpc) is 3.09. The molecular formula is C18H14ClN3OS2. The highest BCUT2D eigenvalue weighted by atomic mass is 35.5. The fourth-order valence-electron chi connectivity index (χ4n) is 2.60. The highest BCUT2D eigenvalue weighted by Crippen LogP contribution is 2.49. The number of hydrogen-bond donors (Lipinski definition) is 0. The Kier molecular flexibility index (Phi) is 4.27. The van der Waals surface area contributed by atoms with Gasteiger partial charge in [0.15, 0.2) is 5.17 Å². The summed E-state index contributed by atoms with van der Waals surface area (Å²) in [7, 11) is 3.74. The Labute approximate surface area is 159 Å². The van der Waals surface area contributed by atoms with E-state index >= 15 is 0 Å². The van der Waals surface area contributed by atoms with E-state index in [0.29, 0.717) is 15.1 Å². The second-order valence-corrected chi connectivity index (χ2v) is 8.04. The van der Waals surface area contributed by atoms with Crippen molar-refractivity contribution in [2.75, 3.05) is 19.0 Å². The van der Waals surface area contributed by atoms with Crippen LogP contribution in [0.1, 0.15) is 0 Å². The summed E-state index contributed by atoms with van der Waals surface area (Å²) < 4.78 is 0. The van der Waals surface area contributed by atoms with Gasteiger partial charge in [-0.3, -0.25) is 9.69 Å². The van der Waals surface area contributed by atoms with Crippen molar-refractivity contribution in [1.82, 2.24) is 4.90 Å². The number of hydrogen-bond acceptors (Lipinski definition) is 5. The van der Waals surface area contributed by atoms with Crippen LogP contribution < -0.4 is 4.90 Å². The van der Waals surface area contributed by atoms with Gasteiger partial charge in [0.05, 0.1) is 16.4 Å². The molecule has 126 valence electrons. The van der Waals surface area contributed by atoms with E-state index in [0.717, 1.165) is 21.3 Å². The first-order valence-electron chi connectivity index (χ1n) is 7.59. The largest absolute Gasteiger partial charge is 0.337 e. The van der Waals surface area contributed by atoms with Gasteiger partial charge >= 0.3 is 0 Å². The van der Waals surface area contributed by atoms with Gasteiger partial charge in [0.2, 0.25) is 0 Å². The zero-order valence-corrected chi connectivity index (χ0v) is 16.0. The second kappa shape index (κ2) is 6.44. The third kappa shape index (κ3) is 2.94. The molecule has 0 unspecified atom stereocenters. The Morgan fingerprint density at radius 2 is 1.68 bits per heavy atom. The number of nitrogens with zero attached hydrogens (tertiary/aromatic N) is 3. The predicted molar refractivity (Wildman–Crippen MR) is 107 cm³/mol. The van der Waals surface area contributed by atoms with E-state index in [2.05, 4.69) is 22.0 Å². The number of benzene rings is 2. The molecule has 0 aliphatic carbocycles. The average molecular weight is 388 g/mol. The maximum absolute atomic E-state index is 12.7. The Hall–Kier alpha value is -1.89. The van der Waals surface area contributed by atoms with Gasteiger partial charge in [0, 0.05) is 24.0 Å². The number of rotatable bonds is 1. The summed E-state index contributed by atoms with van der Waals surface area (Å²) >= 11 is 8.95. The van der Waals surface area contributed by atoms with Gasteiger partial charge in [0.25, 0.3) is 5.91 Å². The first-order valence-corrected chi connectivity index (χ1v) is 9.61. The minimum absolute atomic E-state index is 0.0279. The SMILES string of the molecule is CN1C(=O)/C(=C2\Sc3ccccc3N2C)SC1=Nc1ccc(Cl)cc1. The molecule has 2 aliphatic rings. The van der Waals surface area contributed by atoms with Crippen LogP contribution in [0.5, 0.6) is 0 Å². The lowest BCUT2D eigenvalue weighted by atomic mass is 10.3. The van der Waals surface area contributed by atoms with E-state index in [1.54, 1.807) is 35.8 Å². The van der Waals surface area contributed by atoms with Gasteiger partial charge in [-0.05, 0) is 48.2 Å². The normalized spacial score (nSPS) is 21.4. The first kappa shape index (κ1) is 16.6. The lowest BCUT2D eigenvalue weighted by Gasteiger charge is -2.14. The van der Waals surface area contributed by atoms with E-state index in [1.165, 1.54) is 11.8 Å². The molecule has 4 rings (SSSR count). The van der Waals surface area contributed by atoms with Crippen molar-refractivity contribution in [1.29, 1.82) is 0 Å². The van der Waals surface area contributed by atoms with Gasteiger partial charge < -0.3 is 4.90 Å². The van der Waals surface area contributed by atoms with Crippen LogP contribution in [0, 0.1) is 0 Å². The van der Waals surface area contributed by atoms with Crippen LogP contribution in [0.25, 0.3) is 0 Å². The number of amidine groups is 1. The molecule has 0 atom stereocenters. The summed E-state index contributed by atoms with van der Waals surface area (Å²) in [6.07, 6.45) is 0. The number of anilines is 1. The van der Waals surface area contributed by atoms with Gasteiger partial charge in [0.1, 0.15) is 4.91 Å². The number of fused-ring (bicyclic) bond motifs is 1. The molecule has 2 aromatic carbocycles. The van der Waals surface area contributed by atoms with Crippen molar-refractivity contribution in [3.8, 4) is 0 Å². The minimum Gasteiger partial charge on any atom is -0.337 e. The third-order valence-corrected chi connectivity index (χ3v) is 6.70. The van der Waals surface area contributed by atoms with Gasteiger partial charge in [-0.1, -0.05) is 35.5 Å². The van der Waals surface area contributed by atoms with E-state index < -0.39 is 0 Å². The first-order chi connectivity index (χ1) is 12.0. The Balaban J connectivity index is 1.69. The molecule has 0 aromatic heterocycles. The van der Waals surface area contributed by atoms with Crippen LogP contribution in [0.2, 0.25) is 5.02 Å². The standard InChI is InChI=1S/C18H14ClN3OS2/c1-21-13-5-3-4-6-14(13)24-17(21)15-16(23)22(2)18(25-15)20-12-9-7-11(19)8-10-12/h3-10H,1-2H3/b17-15+,20-18?. The molecule has 4 nitrogen and oxygen atoms in total. The maximum atomic E-state index is 12.7. The highest BCUT2D eigenvalue weighted by Gasteiger charge is 2.37. The molecule has 7 heteroatoms. The summed E-state index contributed by atoms with van der Waals surface area (Å²) in [6, 6.07) is 15.4. The lowest BCUT2D eigenvalue weighted by molar-refractivity contribution is -0.121. The molecule has 25 heavy (non-hydrogen) atoms. The molecule has 1 fully saturated rings. The monoisotopic (exact) mass is 387 g/mol. The van der Waals surface area contributed by atoms with E-state index in [9.17, 15) is 4.79 Å². The summed E-state index contributed by atoms with van der Waals surface area (Å²) in [5, 5.41) is 2.28. The number of carbonyl (C=O) groups is 1. The van der Waals surface area contributed by atoms with Crippen LogP contribution >= 0.6 is 35.1 Å². The molecule has 0 bridgehead atoms. The number of likely N-dealkylation sites (N-methyl/N-ethyl adjacent to an activating group) is 1. The fourth-order valence-corrected chi connectivity index (χ4v) is 5.06. The molecular weight excluding hydrogens is 374 g/mol. The van der Waals surface area contributed by atoms with Gasteiger partial charge in [-0.25, -0.2) is 4.99 Å². The summed E-state index contributed by atoms with van der Waals surface area (Å²) in [6.45, 7) is 0. The van der Waals surface area contributed by atoms with Crippen LogP contribution in [-0.2, 0) is 4.79 Å². The Morgan fingerprint density at radius 1 is 0.960 bits per heavy atom. The molecule has 0 N–H and O–H groups in total. The van der Waals surface area contributed by atoms with Crippen LogP contribution in [0.4, 0.5) is 11.4 Å². The van der Waals surface area contributed by atoms with Crippen molar-refractivity contribution >= 4 is 57.6 Å². The summed E-state index contributed by atoms with van der Waals surface area (Å²) in [4.78, 5) is 22.9. The zero-order valence-electron chi connectivity index (χ0n) is 13.6. The number of para-hydroxylation sites is 1. The number of amides is 1. The topological polar surface area (TPSA) is 35.9 Å². The summed E-state index contributed by atoms with van der Waals surface area (Å²) in [5.74, 6) is -0.0279. The molecule has 0 saturated carbocycles. The molecule has 2 heterocycles. The number of aliphatic imine (C=N–C) groups is 1. The zero-order chi connectivity index (χ0) is 17.6. The summed E-state index contributed by atoms with van der Waals surface area (Å²) in [5.41, 5.74) is 1.89. The molecule has 0 spiro atoms. The quantitative estimate of drug-likeness (QED) is 0.649. The maximum Gasteiger partial charge on any atom is 0.269 e. The number of halogens is 1. The Morgan fingerprint density at radius 3 is 2.40 bits per heavy atom. The number of carbonyl (C=O) groups excluding carboxylic acids is 1. The third-order valence-electron chi connectivity index (χ3n) is 3.96. The van der Waals surface area contributed by atoms with Crippen LogP contribution in [-0.4, -0.2) is 30.1 Å². The van der Waals surface area contributed by atoms with Crippen molar-refractivity contribution < 1.29 is 4.79 Å². The van der Waals surface area contributed by atoms with E-state index in [1.807, 2.05) is 31.3 Å². The smallest absolute Gasteiger partial charge is 0.269 e. The minimum atomic E-state index is -0.0279. The van der Waals surface area contributed by atoms with E-state index in [-0.39, 0.29) is 5.91 Å². The fraction of sp³-hybridized carbons (Fsp3) is 0.111. The van der Waals surface area contributed by atoms with Crippen molar-refractivity contribution in [3.05, 3.63) is 63.5 Å². The molecule has 0 radical (unpaired) electrons. The highest BCUT2D eigenvalue weighted by molar-refractivity contribution is 8.19. The number of thioether (sulfide) groups is 2. The molecule has 2 aromatic rings. The second-order valence-electron chi connectivity index (χ2n) is 5.60. The van der Waals surface area contributed by atoms with Crippen molar-refractivity contribution in [2.24, 2.45) is 4.99 Å². The molecule has 1 saturated heterocycles.